The Morgan fingerprint density at radius 1 is 1.11 bits per heavy atom. The van der Waals surface area contributed by atoms with Crippen LogP contribution in [0.15, 0.2) is 0 Å². The van der Waals surface area contributed by atoms with Gasteiger partial charge in [0.15, 0.2) is 0 Å². The quantitative estimate of drug-likeness (QED) is 0.373. The molecule has 1 rings (SSSR count). The van der Waals surface area contributed by atoms with Gasteiger partial charge in [-0.05, 0) is 0 Å². The molecule has 0 amide bonds. The summed E-state index contributed by atoms with van der Waals surface area (Å²) in [4.78, 5) is 0. The molecule has 1 saturated heterocycles. The molecule has 1 aliphatic rings. The number of hydrogen-bond acceptors (Lipinski definition) is 6. The molecule has 0 aliphatic carbocycles. The molecule has 0 spiro atoms. The summed E-state index contributed by atoms with van der Waals surface area (Å²) in [6.07, 6.45) is 3.22. The second-order valence-corrected chi connectivity index (χ2v) is 10.7. The summed E-state index contributed by atoms with van der Waals surface area (Å²) in [5, 5.41) is 2.23. The molecular formula is C11H22O2S4Se. The van der Waals surface area contributed by atoms with Crippen molar-refractivity contribution < 1.29 is 8.37 Å². The summed E-state index contributed by atoms with van der Waals surface area (Å²) in [5.74, 6) is 2.13. The topological polar surface area (TPSA) is 18.5 Å². The van der Waals surface area contributed by atoms with E-state index in [0.29, 0.717) is 0 Å². The second-order valence-electron chi connectivity index (χ2n) is 4.46. The van der Waals surface area contributed by atoms with Crippen LogP contribution in [0.5, 0.6) is 0 Å². The van der Waals surface area contributed by atoms with Gasteiger partial charge in [0.25, 0.3) is 0 Å². The monoisotopic (exact) mass is 394 g/mol. The molecule has 0 radical (unpaired) electrons. The van der Waals surface area contributed by atoms with E-state index in [1.165, 1.54) is 18.2 Å². The third-order valence-corrected chi connectivity index (χ3v) is 10.7. The SMILES string of the molecule is CC(CSC1CCC(SCC(C)OS)[Se]C1)OS. The number of rotatable bonds is 8. The van der Waals surface area contributed by atoms with Crippen LogP contribution in [0.2, 0.25) is 5.32 Å². The maximum atomic E-state index is 4.99. The molecule has 2 nitrogen and oxygen atoms in total. The fraction of sp³-hybridized carbons (Fsp3) is 1.00. The van der Waals surface area contributed by atoms with Gasteiger partial charge in [0, 0.05) is 0 Å². The molecule has 4 atom stereocenters. The average molecular weight is 394 g/mol. The summed E-state index contributed by atoms with van der Waals surface area (Å²) in [6, 6.07) is 0. The number of thiol groups is 2. The molecule has 4 unspecified atom stereocenters. The minimum atomic E-state index is 0.256. The second kappa shape index (κ2) is 10.5. The van der Waals surface area contributed by atoms with Crippen LogP contribution in [0.3, 0.4) is 0 Å². The zero-order chi connectivity index (χ0) is 13.4. The van der Waals surface area contributed by atoms with Crippen molar-refractivity contribution in [3.05, 3.63) is 0 Å². The first-order chi connectivity index (χ1) is 8.65. The number of hydrogen-bond donors (Lipinski definition) is 2. The first-order valence-electron chi connectivity index (χ1n) is 6.11. The third-order valence-electron chi connectivity index (χ3n) is 2.64. The van der Waals surface area contributed by atoms with Crippen molar-refractivity contribution >= 4 is 64.3 Å². The van der Waals surface area contributed by atoms with Crippen molar-refractivity contribution in [1.29, 1.82) is 0 Å². The third kappa shape index (κ3) is 7.58. The van der Waals surface area contributed by atoms with Crippen LogP contribution < -0.4 is 0 Å². The molecule has 7 heteroatoms. The van der Waals surface area contributed by atoms with Crippen LogP contribution in [0.1, 0.15) is 26.7 Å². The predicted octanol–water partition coefficient (Wildman–Crippen LogP) is 3.56. The van der Waals surface area contributed by atoms with Gasteiger partial charge >= 0.3 is 138 Å². The Balaban J connectivity index is 2.09. The van der Waals surface area contributed by atoms with Crippen molar-refractivity contribution in [3.63, 3.8) is 0 Å². The van der Waals surface area contributed by atoms with E-state index in [9.17, 15) is 0 Å². The van der Waals surface area contributed by atoms with Crippen molar-refractivity contribution in [3.8, 4) is 0 Å². The van der Waals surface area contributed by atoms with E-state index in [4.69, 9.17) is 8.37 Å². The van der Waals surface area contributed by atoms with Gasteiger partial charge in [-0.1, -0.05) is 0 Å². The zero-order valence-corrected chi connectivity index (χ0v) is 15.9. The van der Waals surface area contributed by atoms with Crippen molar-refractivity contribution in [2.24, 2.45) is 0 Å². The van der Waals surface area contributed by atoms with E-state index in [2.05, 4.69) is 63.2 Å². The molecule has 0 saturated carbocycles. The molecule has 18 heavy (non-hydrogen) atoms. The molecular weight excluding hydrogens is 371 g/mol. The summed E-state index contributed by atoms with van der Waals surface area (Å²) in [7, 11) is 0. The van der Waals surface area contributed by atoms with E-state index < -0.39 is 0 Å². The fourth-order valence-electron chi connectivity index (χ4n) is 1.54. The standard InChI is InChI=1S/C11H22O2S4Se/c1-8(12-14)5-16-10-3-4-11(18-7-10)17-6-9(2)13-15/h8-11,14-15H,3-7H2,1-2H3. The van der Waals surface area contributed by atoms with Gasteiger partial charge in [0.05, 0.1) is 0 Å². The predicted molar refractivity (Wildman–Crippen MR) is 91.4 cm³/mol. The molecule has 1 aliphatic heterocycles. The van der Waals surface area contributed by atoms with Gasteiger partial charge in [-0.2, -0.15) is 0 Å². The summed E-state index contributed by atoms with van der Waals surface area (Å²) in [5.41, 5.74) is 0. The average Bonchev–Trinajstić information content (AvgIpc) is 2.43. The molecule has 0 aromatic rings. The van der Waals surface area contributed by atoms with Crippen molar-refractivity contribution in [1.82, 2.24) is 0 Å². The van der Waals surface area contributed by atoms with Crippen LogP contribution in [0.4, 0.5) is 0 Å². The zero-order valence-electron chi connectivity index (χ0n) is 10.8. The number of thioether (sulfide) groups is 2. The first kappa shape index (κ1) is 17.9. The Morgan fingerprint density at radius 2 is 1.72 bits per heavy atom. The van der Waals surface area contributed by atoms with Gasteiger partial charge in [0.1, 0.15) is 0 Å². The molecule has 0 bridgehead atoms. The Labute approximate surface area is 137 Å². The van der Waals surface area contributed by atoms with Crippen LogP contribution in [-0.4, -0.2) is 48.1 Å². The maximum absolute atomic E-state index is 4.99. The normalized spacial score (nSPS) is 28.0. The van der Waals surface area contributed by atoms with Gasteiger partial charge < -0.3 is 0 Å². The van der Waals surface area contributed by atoms with Gasteiger partial charge in [-0.3, -0.25) is 0 Å². The first-order valence-corrected chi connectivity index (χ1v) is 11.1. The molecule has 1 heterocycles. The van der Waals surface area contributed by atoms with Gasteiger partial charge in [0.2, 0.25) is 0 Å². The minimum absolute atomic E-state index is 0.256. The Morgan fingerprint density at radius 3 is 2.22 bits per heavy atom. The van der Waals surface area contributed by atoms with Crippen LogP contribution >= 0.6 is 49.3 Å². The van der Waals surface area contributed by atoms with E-state index >= 15 is 0 Å². The Hall–Kier alpha value is 1.84. The van der Waals surface area contributed by atoms with Crippen LogP contribution in [0.25, 0.3) is 0 Å². The van der Waals surface area contributed by atoms with E-state index in [1.807, 2.05) is 0 Å². The van der Waals surface area contributed by atoms with Gasteiger partial charge in [-0.15, -0.1) is 0 Å². The van der Waals surface area contributed by atoms with Gasteiger partial charge in [-0.25, -0.2) is 0 Å². The molecule has 1 fully saturated rings. The Kier molecular flexibility index (Phi) is 10.5. The Bertz CT molecular complexity index is 193. The van der Waals surface area contributed by atoms with E-state index in [-0.39, 0.29) is 12.2 Å². The molecule has 0 aromatic carbocycles. The van der Waals surface area contributed by atoms with Crippen molar-refractivity contribution in [2.75, 3.05) is 11.5 Å². The summed E-state index contributed by atoms with van der Waals surface area (Å²) < 4.78 is 10.9. The molecule has 0 N–H and O–H groups in total. The summed E-state index contributed by atoms with van der Waals surface area (Å²) in [6.45, 7) is 4.15. The summed E-state index contributed by atoms with van der Waals surface area (Å²) >= 11 is 12.6. The van der Waals surface area contributed by atoms with E-state index in [0.717, 1.165) is 35.9 Å². The molecule has 0 aromatic heterocycles. The van der Waals surface area contributed by atoms with E-state index in [1.54, 1.807) is 0 Å². The van der Waals surface area contributed by atoms with Crippen molar-refractivity contribution in [2.45, 2.75) is 53.6 Å². The fourth-order valence-corrected chi connectivity index (χ4v) is 8.26. The molecule has 108 valence electrons. The van der Waals surface area contributed by atoms with Crippen LogP contribution in [0, 0.1) is 0 Å². The van der Waals surface area contributed by atoms with Crippen LogP contribution in [-0.2, 0) is 8.37 Å².